The SMILES string of the molecule is CN=C(NCc1ccn(C)c1)NC1CC1C1CCCCC1.I. The van der Waals surface area contributed by atoms with Crippen molar-refractivity contribution < 1.29 is 0 Å². The number of nitrogens with one attached hydrogen (secondary N) is 2. The van der Waals surface area contributed by atoms with E-state index in [4.69, 9.17) is 0 Å². The monoisotopic (exact) mass is 416 g/mol. The molecule has 0 aliphatic heterocycles. The predicted octanol–water partition coefficient (Wildman–Crippen LogP) is 3.28. The molecule has 3 rings (SSSR count). The summed E-state index contributed by atoms with van der Waals surface area (Å²) in [7, 11) is 3.91. The van der Waals surface area contributed by atoms with Crippen LogP contribution >= 0.6 is 24.0 Å². The third-order valence-electron chi connectivity index (χ3n) is 4.99. The zero-order valence-corrected chi connectivity index (χ0v) is 16.0. The van der Waals surface area contributed by atoms with Crippen LogP contribution < -0.4 is 10.6 Å². The molecule has 2 aliphatic rings. The number of nitrogens with zero attached hydrogens (tertiary/aromatic N) is 2. The van der Waals surface area contributed by atoms with E-state index in [1.165, 1.54) is 44.1 Å². The van der Waals surface area contributed by atoms with E-state index in [1.807, 2.05) is 7.05 Å². The zero-order valence-electron chi connectivity index (χ0n) is 13.7. The molecule has 0 amide bonds. The van der Waals surface area contributed by atoms with Gasteiger partial charge in [-0.25, -0.2) is 0 Å². The highest BCUT2D eigenvalue weighted by Crippen LogP contribution is 2.44. The van der Waals surface area contributed by atoms with Crippen molar-refractivity contribution in [2.75, 3.05) is 7.05 Å². The third kappa shape index (κ3) is 4.64. The lowest BCUT2D eigenvalue weighted by Crippen LogP contribution is -2.39. The number of aliphatic imine (C=N–C) groups is 1. The Hall–Kier alpha value is -0.720. The molecule has 2 N–H and O–H groups in total. The fraction of sp³-hybridized carbons (Fsp3) is 0.706. The molecule has 0 aromatic carbocycles. The van der Waals surface area contributed by atoms with Crippen LogP contribution in [0.1, 0.15) is 44.1 Å². The normalized spacial score (nSPS) is 25.5. The van der Waals surface area contributed by atoms with E-state index in [1.54, 1.807) is 0 Å². The highest BCUT2D eigenvalue weighted by atomic mass is 127. The lowest BCUT2D eigenvalue weighted by atomic mass is 9.85. The Labute approximate surface area is 151 Å². The standard InChI is InChI=1S/C17H28N4.HI/c1-18-17(19-11-13-8-9-21(2)12-13)20-16-10-15(16)14-6-4-3-5-7-14;/h8-9,12,14-16H,3-7,10-11H2,1-2H3,(H2,18,19,20);1H. The van der Waals surface area contributed by atoms with E-state index in [-0.39, 0.29) is 24.0 Å². The number of rotatable bonds is 4. The summed E-state index contributed by atoms with van der Waals surface area (Å²) in [4.78, 5) is 4.36. The van der Waals surface area contributed by atoms with Crippen molar-refractivity contribution in [1.82, 2.24) is 15.2 Å². The first kappa shape index (κ1) is 17.6. The minimum absolute atomic E-state index is 0. The van der Waals surface area contributed by atoms with E-state index in [2.05, 4.69) is 45.7 Å². The maximum atomic E-state index is 4.36. The Morgan fingerprint density at radius 3 is 2.73 bits per heavy atom. The molecule has 2 unspecified atom stereocenters. The van der Waals surface area contributed by atoms with Crippen LogP contribution in [0.25, 0.3) is 0 Å². The van der Waals surface area contributed by atoms with Crippen LogP contribution in [0.15, 0.2) is 23.5 Å². The lowest BCUT2D eigenvalue weighted by Gasteiger charge is -2.22. The van der Waals surface area contributed by atoms with Crippen LogP contribution in [0, 0.1) is 11.8 Å². The maximum Gasteiger partial charge on any atom is 0.191 e. The van der Waals surface area contributed by atoms with Crippen LogP contribution in [0.5, 0.6) is 0 Å². The highest BCUT2D eigenvalue weighted by molar-refractivity contribution is 14.0. The molecule has 4 nitrogen and oxygen atoms in total. The van der Waals surface area contributed by atoms with E-state index >= 15 is 0 Å². The fourth-order valence-electron chi connectivity index (χ4n) is 3.69. The Kier molecular flexibility index (Phi) is 6.59. The smallest absolute Gasteiger partial charge is 0.191 e. The summed E-state index contributed by atoms with van der Waals surface area (Å²) in [5.74, 6) is 2.80. The van der Waals surface area contributed by atoms with Crippen LogP contribution in [-0.4, -0.2) is 23.6 Å². The third-order valence-corrected chi connectivity index (χ3v) is 4.99. The lowest BCUT2D eigenvalue weighted by molar-refractivity contribution is 0.315. The number of aromatic nitrogens is 1. The molecule has 0 spiro atoms. The van der Waals surface area contributed by atoms with Crippen LogP contribution in [0.4, 0.5) is 0 Å². The van der Waals surface area contributed by atoms with Gasteiger partial charge in [0.15, 0.2) is 5.96 Å². The first-order chi connectivity index (χ1) is 10.3. The number of guanidine groups is 1. The highest BCUT2D eigenvalue weighted by Gasteiger charge is 2.43. The molecule has 22 heavy (non-hydrogen) atoms. The maximum absolute atomic E-state index is 4.36. The van der Waals surface area contributed by atoms with E-state index < -0.39 is 0 Å². The second-order valence-corrected chi connectivity index (χ2v) is 6.66. The zero-order chi connectivity index (χ0) is 14.7. The van der Waals surface area contributed by atoms with Gasteiger partial charge >= 0.3 is 0 Å². The topological polar surface area (TPSA) is 41.4 Å². The molecule has 2 aliphatic carbocycles. The number of aryl methyl sites for hydroxylation is 1. The van der Waals surface area contributed by atoms with Gasteiger partial charge in [-0.3, -0.25) is 4.99 Å². The van der Waals surface area contributed by atoms with Crippen molar-refractivity contribution in [1.29, 1.82) is 0 Å². The van der Waals surface area contributed by atoms with Crippen LogP contribution in [-0.2, 0) is 13.6 Å². The van der Waals surface area contributed by atoms with Gasteiger partial charge < -0.3 is 15.2 Å². The van der Waals surface area contributed by atoms with E-state index in [0.29, 0.717) is 6.04 Å². The summed E-state index contributed by atoms with van der Waals surface area (Å²) < 4.78 is 2.08. The number of hydrogen-bond donors (Lipinski definition) is 2. The second-order valence-electron chi connectivity index (χ2n) is 6.66. The average Bonchev–Trinajstić information content (AvgIpc) is 3.17. The van der Waals surface area contributed by atoms with E-state index in [9.17, 15) is 0 Å². The second kappa shape index (κ2) is 8.22. The summed E-state index contributed by atoms with van der Waals surface area (Å²) in [5.41, 5.74) is 1.29. The van der Waals surface area contributed by atoms with Crippen molar-refractivity contribution in [3.63, 3.8) is 0 Å². The van der Waals surface area contributed by atoms with Crippen LogP contribution in [0.3, 0.4) is 0 Å². The minimum atomic E-state index is 0. The van der Waals surface area contributed by atoms with Gasteiger partial charge in [0.2, 0.25) is 0 Å². The van der Waals surface area contributed by atoms with E-state index in [0.717, 1.165) is 24.3 Å². The van der Waals surface area contributed by atoms with Crippen molar-refractivity contribution in [2.45, 2.75) is 51.1 Å². The van der Waals surface area contributed by atoms with Gasteiger partial charge in [-0.15, -0.1) is 24.0 Å². The van der Waals surface area contributed by atoms with Gasteiger partial charge in [0.05, 0.1) is 0 Å². The Morgan fingerprint density at radius 2 is 2.09 bits per heavy atom. The van der Waals surface area contributed by atoms with Gasteiger partial charge in [-0.2, -0.15) is 0 Å². The van der Waals surface area contributed by atoms with Crippen molar-refractivity contribution >= 4 is 29.9 Å². The molecule has 0 radical (unpaired) electrons. The van der Waals surface area contributed by atoms with Crippen LogP contribution in [0.2, 0.25) is 0 Å². The summed E-state index contributed by atoms with van der Waals surface area (Å²) in [6.45, 7) is 0.835. The van der Waals surface area contributed by atoms with Crippen molar-refractivity contribution in [3.05, 3.63) is 24.0 Å². The molecule has 1 aromatic rings. The molecule has 0 saturated heterocycles. The number of hydrogen-bond acceptors (Lipinski definition) is 1. The quantitative estimate of drug-likeness (QED) is 0.450. The molecule has 2 fully saturated rings. The summed E-state index contributed by atoms with van der Waals surface area (Å²) in [6.07, 6.45) is 12.8. The van der Waals surface area contributed by atoms with Crippen molar-refractivity contribution in [3.8, 4) is 0 Å². The molecule has 124 valence electrons. The first-order valence-electron chi connectivity index (χ1n) is 8.34. The Balaban J connectivity index is 0.00000176. The summed E-state index contributed by atoms with van der Waals surface area (Å²) in [5, 5.41) is 7.02. The number of halogens is 1. The largest absolute Gasteiger partial charge is 0.357 e. The Morgan fingerprint density at radius 1 is 1.32 bits per heavy atom. The summed E-state index contributed by atoms with van der Waals surface area (Å²) in [6, 6.07) is 2.79. The molecule has 0 bridgehead atoms. The van der Waals surface area contributed by atoms with Gasteiger partial charge in [0.25, 0.3) is 0 Å². The average molecular weight is 416 g/mol. The summed E-state index contributed by atoms with van der Waals surface area (Å²) >= 11 is 0. The molecule has 2 saturated carbocycles. The van der Waals surface area contributed by atoms with Gasteiger partial charge in [-0.1, -0.05) is 32.1 Å². The molecule has 5 heteroatoms. The molecular weight excluding hydrogens is 387 g/mol. The minimum Gasteiger partial charge on any atom is -0.357 e. The fourth-order valence-corrected chi connectivity index (χ4v) is 3.69. The first-order valence-corrected chi connectivity index (χ1v) is 8.34. The molecule has 1 heterocycles. The predicted molar refractivity (Wildman–Crippen MR) is 103 cm³/mol. The molecule has 1 aromatic heterocycles. The molecular formula is C17H29IN4. The van der Waals surface area contributed by atoms with Gasteiger partial charge in [0.1, 0.15) is 0 Å². The van der Waals surface area contributed by atoms with Crippen molar-refractivity contribution in [2.24, 2.45) is 23.9 Å². The Bertz CT molecular complexity index is 491. The van der Waals surface area contributed by atoms with Gasteiger partial charge in [0, 0.05) is 39.1 Å². The van der Waals surface area contributed by atoms with Gasteiger partial charge in [-0.05, 0) is 29.9 Å². The molecule has 2 atom stereocenters.